The van der Waals surface area contributed by atoms with Crippen LogP contribution in [0.3, 0.4) is 0 Å². The number of benzene rings is 1. The second kappa shape index (κ2) is 7.39. The Morgan fingerprint density at radius 3 is 2.67 bits per heavy atom. The first-order chi connectivity index (χ1) is 8.57. The molecule has 0 aliphatic heterocycles. The summed E-state index contributed by atoms with van der Waals surface area (Å²) in [5.41, 5.74) is 1.17. The molecular weight excluding hydrogens is 226 g/mol. The molecule has 1 aromatic rings. The van der Waals surface area contributed by atoms with Crippen LogP contribution in [0, 0.1) is 0 Å². The molecule has 0 fully saturated rings. The maximum absolute atomic E-state index is 5.74. The van der Waals surface area contributed by atoms with Crippen molar-refractivity contribution in [3.63, 3.8) is 0 Å². The van der Waals surface area contributed by atoms with Crippen LogP contribution < -0.4 is 10.1 Å². The first-order valence-corrected chi connectivity index (χ1v) is 6.57. The van der Waals surface area contributed by atoms with E-state index in [0.717, 1.165) is 18.7 Å². The van der Waals surface area contributed by atoms with Crippen LogP contribution in [0.5, 0.6) is 5.75 Å². The summed E-state index contributed by atoms with van der Waals surface area (Å²) >= 11 is 0. The van der Waals surface area contributed by atoms with Crippen molar-refractivity contribution in [2.75, 3.05) is 20.3 Å². The van der Waals surface area contributed by atoms with Gasteiger partial charge in [-0.05, 0) is 45.0 Å². The fourth-order valence-electron chi connectivity index (χ4n) is 1.53. The van der Waals surface area contributed by atoms with E-state index in [4.69, 9.17) is 9.47 Å². The van der Waals surface area contributed by atoms with Crippen molar-refractivity contribution < 1.29 is 9.47 Å². The van der Waals surface area contributed by atoms with Gasteiger partial charge in [-0.3, -0.25) is 0 Å². The standard InChI is InChI=1S/C15H25NO2/c1-5-15(2,3)18-10-9-17-14-8-6-7-13(11-14)12-16-4/h6-8,11,16H,5,9-10,12H2,1-4H3. The zero-order chi connectivity index (χ0) is 13.4. The van der Waals surface area contributed by atoms with Gasteiger partial charge in [-0.1, -0.05) is 19.1 Å². The summed E-state index contributed by atoms with van der Waals surface area (Å²) in [6, 6.07) is 8.13. The fraction of sp³-hybridized carbons (Fsp3) is 0.600. The van der Waals surface area contributed by atoms with Crippen molar-refractivity contribution in [2.45, 2.75) is 39.3 Å². The fourth-order valence-corrected chi connectivity index (χ4v) is 1.53. The van der Waals surface area contributed by atoms with Crippen molar-refractivity contribution in [2.24, 2.45) is 0 Å². The summed E-state index contributed by atoms with van der Waals surface area (Å²) in [4.78, 5) is 0. The van der Waals surface area contributed by atoms with Crippen LogP contribution in [0.1, 0.15) is 32.8 Å². The lowest BCUT2D eigenvalue weighted by Crippen LogP contribution is -2.25. The minimum Gasteiger partial charge on any atom is -0.491 e. The Labute approximate surface area is 110 Å². The van der Waals surface area contributed by atoms with Gasteiger partial charge in [0.05, 0.1) is 12.2 Å². The van der Waals surface area contributed by atoms with Gasteiger partial charge in [-0.2, -0.15) is 0 Å². The second-order valence-corrected chi connectivity index (χ2v) is 4.99. The summed E-state index contributed by atoms with van der Waals surface area (Å²) in [5, 5.41) is 3.13. The van der Waals surface area contributed by atoms with Crippen LogP contribution in [-0.4, -0.2) is 25.9 Å². The summed E-state index contributed by atoms with van der Waals surface area (Å²) < 4.78 is 11.4. The van der Waals surface area contributed by atoms with Gasteiger partial charge in [0.25, 0.3) is 0 Å². The molecule has 0 saturated heterocycles. The van der Waals surface area contributed by atoms with Crippen LogP contribution in [0.25, 0.3) is 0 Å². The smallest absolute Gasteiger partial charge is 0.119 e. The predicted molar refractivity (Wildman–Crippen MR) is 75.0 cm³/mol. The van der Waals surface area contributed by atoms with E-state index in [9.17, 15) is 0 Å². The van der Waals surface area contributed by atoms with Crippen molar-refractivity contribution in [1.82, 2.24) is 5.32 Å². The normalized spacial score (nSPS) is 11.6. The van der Waals surface area contributed by atoms with Crippen LogP contribution in [0.4, 0.5) is 0 Å². The van der Waals surface area contributed by atoms with Crippen LogP contribution in [0.2, 0.25) is 0 Å². The Hall–Kier alpha value is -1.06. The largest absolute Gasteiger partial charge is 0.491 e. The average molecular weight is 251 g/mol. The molecule has 0 amide bonds. The van der Waals surface area contributed by atoms with Gasteiger partial charge in [0.1, 0.15) is 12.4 Å². The molecule has 0 bridgehead atoms. The number of hydrogen-bond donors (Lipinski definition) is 1. The minimum absolute atomic E-state index is 0.0582. The van der Waals surface area contributed by atoms with Gasteiger partial charge in [0, 0.05) is 6.54 Å². The number of rotatable bonds is 8. The number of nitrogens with one attached hydrogen (secondary N) is 1. The SMILES string of the molecule is CCC(C)(C)OCCOc1cccc(CNC)c1. The molecule has 3 heteroatoms. The van der Waals surface area contributed by atoms with E-state index in [2.05, 4.69) is 38.2 Å². The highest BCUT2D eigenvalue weighted by Gasteiger charge is 2.14. The van der Waals surface area contributed by atoms with Gasteiger partial charge in [0.2, 0.25) is 0 Å². The quantitative estimate of drug-likeness (QED) is 0.720. The zero-order valence-electron chi connectivity index (χ0n) is 12.0. The van der Waals surface area contributed by atoms with Crippen molar-refractivity contribution in [3.8, 4) is 5.75 Å². The topological polar surface area (TPSA) is 30.5 Å². The monoisotopic (exact) mass is 251 g/mol. The van der Waals surface area contributed by atoms with E-state index in [0.29, 0.717) is 13.2 Å². The molecular formula is C15H25NO2. The molecule has 1 N–H and O–H groups in total. The molecule has 3 nitrogen and oxygen atoms in total. The molecule has 1 rings (SSSR count). The molecule has 0 spiro atoms. The third kappa shape index (κ3) is 5.52. The molecule has 18 heavy (non-hydrogen) atoms. The molecule has 0 aliphatic carbocycles. The van der Waals surface area contributed by atoms with Crippen molar-refractivity contribution in [3.05, 3.63) is 29.8 Å². The number of hydrogen-bond acceptors (Lipinski definition) is 3. The minimum atomic E-state index is -0.0582. The molecule has 0 saturated carbocycles. The maximum Gasteiger partial charge on any atom is 0.119 e. The van der Waals surface area contributed by atoms with Crippen molar-refractivity contribution in [1.29, 1.82) is 0 Å². The molecule has 102 valence electrons. The van der Waals surface area contributed by atoms with Gasteiger partial charge in [0.15, 0.2) is 0 Å². The molecule has 0 unspecified atom stereocenters. The van der Waals surface area contributed by atoms with E-state index in [1.54, 1.807) is 0 Å². The third-order valence-corrected chi connectivity index (χ3v) is 2.98. The Morgan fingerprint density at radius 2 is 2.00 bits per heavy atom. The van der Waals surface area contributed by atoms with E-state index >= 15 is 0 Å². The summed E-state index contributed by atoms with van der Waals surface area (Å²) in [7, 11) is 1.94. The Morgan fingerprint density at radius 1 is 1.22 bits per heavy atom. The summed E-state index contributed by atoms with van der Waals surface area (Å²) in [6.45, 7) is 8.39. The van der Waals surface area contributed by atoms with Crippen LogP contribution in [-0.2, 0) is 11.3 Å². The lowest BCUT2D eigenvalue weighted by molar-refractivity contribution is -0.0317. The lowest BCUT2D eigenvalue weighted by Gasteiger charge is -2.23. The van der Waals surface area contributed by atoms with E-state index < -0.39 is 0 Å². The molecule has 0 atom stereocenters. The van der Waals surface area contributed by atoms with Gasteiger partial charge in [-0.25, -0.2) is 0 Å². The highest BCUT2D eigenvalue weighted by atomic mass is 16.5. The highest BCUT2D eigenvalue weighted by molar-refractivity contribution is 5.28. The average Bonchev–Trinajstić information content (AvgIpc) is 2.36. The summed E-state index contributed by atoms with van der Waals surface area (Å²) in [6.07, 6.45) is 1.00. The van der Waals surface area contributed by atoms with Crippen LogP contribution in [0.15, 0.2) is 24.3 Å². The highest BCUT2D eigenvalue weighted by Crippen LogP contribution is 2.15. The Balaban J connectivity index is 2.33. The third-order valence-electron chi connectivity index (χ3n) is 2.98. The van der Waals surface area contributed by atoms with E-state index in [-0.39, 0.29) is 5.60 Å². The Bertz CT molecular complexity index is 350. The molecule has 0 aromatic heterocycles. The van der Waals surface area contributed by atoms with Gasteiger partial charge in [-0.15, -0.1) is 0 Å². The van der Waals surface area contributed by atoms with Crippen molar-refractivity contribution >= 4 is 0 Å². The number of ether oxygens (including phenoxy) is 2. The van der Waals surface area contributed by atoms with Gasteiger partial charge < -0.3 is 14.8 Å². The molecule has 0 aliphatic rings. The van der Waals surface area contributed by atoms with E-state index in [1.165, 1.54) is 5.56 Å². The second-order valence-electron chi connectivity index (χ2n) is 4.99. The lowest BCUT2D eigenvalue weighted by atomic mass is 10.1. The zero-order valence-corrected chi connectivity index (χ0v) is 12.0. The maximum atomic E-state index is 5.74. The predicted octanol–water partition coefficient (Wildman–Crippen LogP) is 2.99. The Kier molecular flexibility index (Phi) is 6.16. The van der Waals surface area contributed by atoms with E-state index in [1.807, 2.05) is 19.2 Å². The summed E-state index contributed by atoms with van der Waals surface area (Å²) in [5.74, 6) is 0.903. The van der Waals surface area contributed by atoms with Crippen LogP contribution >= 0.6 is 0 Å². The molecule has 0 heterocycles. The molecule has 1 aromatic carbocycles. The molecule has 0 radical (unpaired) electrons. The first-order valence-electron chi connectivity index (χ1n) is 6.57. The van der Waals surface area contributed by atoms with Gasteiger partial charge >= 0.3 is 0 Å². The first kappa shape index (κ1) is 15.0.